The number of anilines is 1. The number of benzene rings is 1. The van der Waals surface area contributed by atoms with E-state index in [4.69, 9.17) is 10.5 Å². The maximum absolute atomic E-state index is 5.72. The van der Waals surface area contributed by atoms with Gasteiger partial charge in [0.1, 0.15) is 5.75 Å². The normalized spacial score (nSPS) is 11.5. The standard InChI is InChI=1S/C16H28N2O/c1-13(2)12-18(14(3)4)9-6-10-19-16-8-5-7-15(17)11-16/h5,7-8,11,13-14H,6,9-10,12,17H2,1-4H3. The van der Waals surface area contributed by atoms with Gasteiger partial charge in [0, 0.05) is 30.9 Å². The van der Waals surface area contributed by atoms with Gasteiger partial charge in [0.2, 0.25) is 0 Å². The lowest BCUT2D eigenvalue weighted by atomic mass is 10.1. The molecule has 0 aliphatic rings. The Morgan fingerprint density at radius 2 is 1.95 bits per heavy atom. The number of rotatable bonds is 8. The number of nitrogen functional groups attached to an aromatic ring is 1. The second-order valence-corrected chi connectivity index (χ2v) is 5.76. The summed E-state index contributed by atoms with van der Waals surface area (Å²) in [5, 5.41) is 0. The second kappa shape index (κ2) is 8.05. The molecule has 0 saturated carbocycles. The lowest BCUT2D eigenvalue weighted by Crippen LogP contribution is -2.35. The molecule has 0 aliphatic heterocycles. The van der Waals surface area contributed by atoms with Crippen LogP contribution in [0.3, 0.4) is 0 Å². The van der Waals surface area contributed by atoms with E-state index >= 15 is 0 Å². The fraction of sp³-hybridized carbons (Fsp3) is 0.625. The molecular weight excluding hydrogens is 236 g/mol. The first-order valence-electron chi connectivity index (χ1n) is 7.21. The summed E-state index contributed by atoms with van der Waals surface area (Å²) >= 11 is 0. The van der Waals surface area contributed by atoms with Crippen molar-refractivity contribution >= 4 is 5.69 Å². The van der Waals surface area contributed by atoms with Crippen LogP contribution in [0.5, 0.6) is 5.75 Å². The molecule has 0 unspecified atom stereocenters. The lowest BCUT2D eigenvalue weighted by molar-refractivity contribution is 0.179. The van der Waals surface area contributed by atoms with Crippen molar-refractivity contribution in [3.63, 3.8) is 0 Å². The van der Waals surface area contributed by atoms with Crippen LogP contribution in [0.1, 0.15) is 34.1 Å². The molecule has 0 saturated heterocycles. The Labute approximate surface area is 117 Å². The van der Waals surface area contributed by atoms with Gasteiger partial charge in [-0.05, 0) is 38.3 Å². The number of hydrogen-bond donors (Lipinski definition) is 1. The molecule has 0 amide bonds. The summed E-state index contributed by atoms with van der Waals surface area (Å²) in [5.74, 6) is 1.57. The predicted molar refractivity (Wildman–Crippen MR) is 82.5 cm³/mol. The first-order valence-corrected chi connectivity index (χ1v) is 7.21. The summed E-state index contributed by atoms with van der Waals surface area (Å²) < 4.78 is 5.72. The Bertz CT molecular complexity index is 364. The maximum atomic E-state index is 5.72. The predicted octanol–water partition coefficient (Wildman–Crippen LogP) is 3.40. The van der Waals surface area contributed by atoms with Crippen molar-refractivity contribution in [1.82, 2.24) is 4.90 Å². The van der Waals surface area contributed by atoms with E-state index in [-0.39, 0.29) is 0 Å². The van der Waals surface area contributed by atoms with E-state index in [0.29, 0.717) is 12.0 Å². The second-order valence-electron chi connectivity index (χ2n) is 5.76. The van der Waals surface area contributed by atoms with Crippen LogP contribution >= 0.6 is 0 Å². The van der Waals surface area contributed by atoms with Crippen LogP contribution in [0.4, 0.5) is 5.69 Å². The summed E-state index contributed by atoms with van der Waals surface area (Å²) in [6.07, 6.45) is 1.04. The summed E-state index contributed by atoms with van der Waals surface area (Å²) in [6, 6.07) is 8.20. The van der Waals surface area contributed by atoms with E-state index in [0.717, 1.165) is 37.6 Å². The lowest BCUT2D eigenvalue weighted by Gasteiger charge is -2.28. The molecule has 0 aromatic heterocycles. The van der Waals surface area contributed by atoms with Crippen LogP contribution in [0.15, 0.2) is 24.3 Å². The summed E-state index contributed by atoms with van der Waals surface area (Å²) in [7, 11) is 0. The monoisotopic (exact) mass is 264 g/mol. The van der Waals surface area contributed by atoms with Crippen molar-refractivity contribution in [3.05, 3.63) is 24.3 Å². The number of ether oxygens (including phenoxy) is 1. The number of nitrogens with zero attached hydrogens (tertiary/aromatic N) is 1. The SMILES string of the molecule is CC(C)CN(CCCOc1cccc(N)c1)C(C)C. The van der Waals surface area contributed by atoms with Gasteiger partial charge in [0.05, 0.1) is 6.61 Å². The Morgan fingerprint density at radius 1 is 1.21 bits per heavy atom. The van der Waals surface area contributed by atoms with Crippen molar-refractivity contribution in [3.8, 4) is 5.75 Å². The van der Waals surface area contributed by atoms with Gasteiger partial charge in [-0.25, -0.2) is 0 Å². The van der Waals surface area contributed by atoms with E-state index in [1.807, 2.05) is 24.3 Å². The largest absolute Gasteiger partial charge is 0.493 e. The van der Waals surface area contributed by atoms with Crippen LogP contribution in [0, 0.1) is 5.92 Å². The Morgan fingerprint density at radius 3 is 2.53 bits per heavy atom. The first-order chi connectivity index (χ1) is 8.99. The smallest absolute Gasteiger partial charge is 0.121 e. The highest BCUT2D eigenvalue weighted by atomic mass is 16.5. The van der Waals surface area contributed by atoms with Gasteiger partial charge in [0.25, 0.3) is 0 Å². The van der Waals surface area contributed by atoms with Gasteiger partial charge >= 0.3 is 0 Å². The van der Waals surface area contributed by atoms with Crippen molar-refractivity contribution in [2.24, 2.45) is 5.92 Å². The van der Waals surface area contributed by atoms with Gasteiger partial charge in [0.15, 0.2) is 0 Å². The Balaban J connectivity index is 2.28. The molecule has 2 N–H and O–H groups in total. The highest BCUT2D eigenvalue weighted by Gasteiger charge is 2.10. The number of hydrogen-bond acceptors (Lipinski definition) is 3. The molecule has 3 heteroatoms. The third kappa shape index (κ3) is 6.48. The number of nitrogens with two attached hydrogens (primary N) is 1. The highest BCUT2D eigenvalue weighted by Crippen LogP contribution is 2.14. The molecule has 0 atom stereocenters. The molecule has 1 aromatic carbocycles. The molecular formula is C16H28N2O. The van der Waals surface area contributed by atoms with Crippen molar-refractivity contribution in [1.29, 1.82) is 0 Å². The average molecular weight is 264 g/mol. The molecule has 1 rings (SSSR count). The molecule has 0 bridgehead atoms. The Kier molecular flexibility index (Phi) is 6.71. The van der Waals surface area contributed by atoms with E-state index in [9.17, 15) is 0 Å². The van der Waals surface area contributed by atoms with E-state index in [1.54, 1.807) is 0 Å². The Hall–Kier alpha value is -1.22. The molecule has 108 valence electrons. The van der Waals surface area contributed by atoms with Crippen molar-refractivity contribution < 1.29 is 4.74 Å². The van der Waals surface area contributed by atoms with Gasteiger partial charge in [-0.2, -0.15) is 0 Å². The van der Waals surface area contributed by atoms with E-state index < -0.39 is 0 Å². The van der Waals surface area contributed by atoms with Crippen molar-refractivity contribution in [2.45, 2.75) is 40.2 Å². The fourth-order valence-electron chi connectivity index (χ4n) is 2.09. The molecule has 3 nitrogen and oxygen atoms in total. The first kappa shape index (κ1) is 15.8. The summed E-state index contributed by atoms with van der Waals surface area (Å²) in [4.78, 5) is 2.51. The van der Waals surface area contributed by atoms with Crippen molar-refractivity contribution in [2.75, 3.05) is 25.4 Å². The average Bonchev–Trinajstić information content (AvgIpc) is 2.32. The molecule has 19 heavy (non-hydrogen) atoms. The summed E-state index contributed by atoms with van der Waals surface area (Å²) in [5.41, 5.74) is 6.47. The third-order valence-corrected chi connectivity index (χ3v) is 3.05. The minimum absolute atomic E-state index is 0.592. The van der Waals surface area contributed by atoms with Crippen LogP contribution in [-0.4, -0.2) is 30.6 Å². The molecule has 1 aromatic rings. The van der Waals surface area contributed by atoms with Gasteiger partial charge in [-0.15, -0.1) is 0 Å². The van der Waals surface area contributed by atoms with Crippen LogP contribution < -0.4 is 10.5 Å². The topological polar surface area (TPSA) is 38.5 Å². The molecule has 0 aliphatic carbocycles. The molecule has 0 spiro atoms. The van der Waals surface area contributed by atoms with Gasteiger partial charge in [-0.3, -0.25) is 0 Å². The van der Waals surface area contributed by atoms with Gasteiger partial charge < -0.3 is 15.4 Å². The molecule has 0 fully saturated rings. The quantitative estimate of drug-likeness (QED) is 0.577. The third-order valence-electron chi connectivity index (χ3n) is 3.05. The maximum Gasteiger partial charge on any atom is 0.121 e. The highest BCUT2D eigenvalue weighted by molar-refractivity contribution is 5.43. The van der Waals surface area contributed by atoms with E-state index in [1.165, 1.54) is 0 Å². The molecule has 0 radical (unpaired) electrons. The fourth-order valence-corrected chi connectivity index (χ4v) is 2.09. The van der Waals surface area contributed by atoms with Crippen LogP contribution in [-0.2, 0) is 0 Å². The zero-order chi connectivity index (χ0) is 14.3. The minimum atomic E-state index is 0.592. The zero-order valence-electron chi connectivity index (χ0n) is 12.7. The van der Waals surface area contributed by atoms with E-state index in [2.05, 4.69) is 32.6 Å². The minimum Gasteiger partial charge on any atom is -0.493 e. The zero-order valence-corrected chi connectivity index (χ0v) is 12.7. The van der Waals surface area contributed by atoms with Crippen LogP contribution in [0.25, 0.3) is 0 Å². The summed E-state index contributed by atoms with van der Waals surface area (Å²) in [6.45, 7) is 12.0. The van der Waals surface area contributed by atoms with Gasteiger partial charge in [-0.1, -0.05) is 19.9 Å². The van der Waals surface area contributed by atoms with Crippen LogP contribution in [0.2, 0.25) is 0 Å². The molecule has 0 heterocycles.